The Morgan fingerprint density at radius 2 is 1.73 bits per heavy atom. The lowest BCUT2D eigenvalue weighted by atomic mass is 9.84. The van der Waals surface area contributed by atoms with Gasteiger partial charge in [0.15, 0.2) is 0 Å². The molecule has 2 saturated carbocycles. The molecule has 64 valence electrons. The molecule has 0 radical (unpaired) electrons. The van der Waals surface area contributed by atoms with E-state index in [1.165, 1.54) is 51.4 Å². The fourth-order valence-corrected chi connectivity index (χ4v) is 2.33. The highest BCUT2D eigenvalue weighted by Crippen LogP contribution is 2.41. The molecule has 2 aliphatic carbocycles. The van der Waals surface area contributed by atoms with Gasteiger partial charge in [-0.05, 0) is 25.2 Å². The molecule has 1 heteroatoms. The van der Waals surface area contributed by atoms with Gasteiger partial charge < -0.3 is 5.73 Å². The molecule has 0 unspecified atom stereocenters. The molecular weight excluding hydrogens is 134 g/mol. The van der Waals surface area contributed by atoms with Gasteiger partial charge >= 0.3 is 0 Å². The second-order valence-corrected chi connectivity index (χ2v) is 4.57. The molecule has 11 heavy (non-hydrogen) atoms. The Balaban J connectivity index is 1.76. The smallest absolute Gasteiger partial charge is 0.0158 e. The molecule has 0 aromatic carbocycles. The second-order valence-electron chi connectivity index (χ2n) is 4.57. The molecule has 0 aromatic heterocycles. The van der Waals surface area contributed by atoms with Crippen molar-refractivity contribution < 1.29 is 0 Å². The molecule has 0 spiro atoms. The molecule has 2 aliphatic rings. The van der Waals surface area contributed by atoms with E-state index in [0.717, 1.165) is 5.92 Å². The van der Waals surface area contributed by atoms with E-state index in [9.17, 15) is 0 Å². The number of nitrogens with two attached hydrogens (primary N) is 1. The third kappa shape index (κ3) is 1.96. The van der Waals surface area contributed by atoms with Gasteiger partial charge in [-0.3, -0.25) is 0 Å². The molecular formula is C10H19N. The molecule has 1 nitrogen and oxygen atoms in total. The highest BCUT2D eigenvalue weighted by atomic mass is 14.8. The van der Waals surface area contributed by atoms with Crippen molar-refractivity contribution in [1.82, 2.24) is 0 Å². The molecule has 0 saturated heterocycles. The summed E-state index contributed by atoms with van der Waals surface area (Å²) in [6, 6.07) is 0. The normalized spacial score (nSPS) is 30.3. The molecule has 2 N–H and O–H groups in total. The minimum absolute atomic E-state index is 0.308. The maximum atomic E-state index is 6.08. The van der Waals surface area contributed by atoms with E-state index in [4.69, 9.17) is 5.73 Å². The summed E-state index contributed by atoms with van der Waals surface area (Å²) in [6.45, 7) is 0. The van der Waals surface area contributed by atoms with Crippen LogP contribution in [0.25, 0.3) is 0 Å². The highest BCUT2D eigenvalue weighted by molar-refractivity contribution is 4.99. The third-order valence-corrected chi connectivity index (χ3v) is 3.31. The van der Waals surface area contributed by atoms with Crippen LogP contribution in [0.3, 0.4) is 0 Å². The van der Waals surface area contributed by atoms with Crippen molar-refractivity contribution in [2.45, 2.75) is 56.9 Å². The minimum atomic E-state index is 0.308. The van der Waals surface area contributed by atoms with Crippen LogP contribution in [0.4, 0.5) is 0 Å². The number of hydrogen-bond donors (Lipinski definition) is 1. The summed E-state index contributed by atoms with van der Waals surface area (Å²) in [4.78, 5) is 0. The van der Waals surface area contributed by atoms with Crippen LogP contribution in [0.5, 0.6) is 0 Å². The first-order valence-electron chi connectivity index (χ1n) is 5.07. The van der Waals surface area contributed by atoms with Crippen molar-refractivity contribution in [3.63, 3.8) is 0 Å². The van der Waals surface area contributed by atoms with E-state index in [0.29, 0.717) is 5.54 Å². The average molecular weight is 153 g/mol. The Labute approximate surface area is 69.4 Å². The zero-order valence-electron chi connectivity index (χ0n) is 7.31. The zero-order valence-corrected chi connectivity index (χ0v) is 7.31. The van der Waals surface area contributed by atoms with Crippen LogP contribution in [0, 0.1) is 5.92 Å². The highest BCUT2D eigenvalue weighted by Gasteiger charge is 2.39. The van der Waals surface area contributed by atoms with Gasteiger partial charge in [0, 0.05) is 5.54 Å². The van der Waals surface area contributed by atoms with E-state index in [1.807, 2.05) is 0 Å². The van der Waals surface area contributed by atoms with Gasteiger partial charge in [0.05, 0.1) is 0 Å². The fourth-order valence-electron chi connectivity index (χ4n) is 2.33. The van der Waals surface area contributed by atoms with Gasteiger partial charge in [-0.25, -0.2) is 0 Å². The quantitative estimate of drug-likeness (QED) is 0.648. The summed E-state index contributed by atoms with van der Waals surface area (Å²) in [5, 5.41) is 0. The first kappa shape index (κ1) is 7.60. The van der Waals surface area contributed by atoms with E-state index in [2.05, 4.69) is 0 Å². The summed E-state index contributed by atoms with van der Waals surface area (Å²) in [5.41, 5.74) is 6.38. The Morgan fingerprint density at radius 3 is 2.27 bits per heavy atom. The van der Waals surface area contributed by atoms with Crippen molar-refractivity contribution in [3.8, 4) is 0 Å². The standard InChI is InChI=1S/C10H19N/c11-10(6-7-10)8-9-4-2-1-3-5-9/h9H,1-8,11H2. The zero-order chi connectivity index (χ0) is 7.73. The van der Waals surface area contributed by atoms with Crippen molar-refractivity contribution in [1.29, 1.82) is 0 Å². The van der Waals surface area contributed by atoms with Crippen molar-refractivity contribution in [2.24, 2.45) is 11.7 Å². The molecule has 0 aromatic rings. The van der Waals surface area contributed by atoms with E-state index in [1.54, 1.807) is 0 Å². The molecule has 0 aliphatic heterocycles. The van der Waals surface area contributed by atoms with E-state index < -0.39 is 0 Å². The summed E-state index contributed by atoms with van der Waals surface area (Å²) in [7, 11) is 0. The molecule has 0 bridgehead atoms. The molecule has 2 rings (SSSR count). The van der Waals surface area contributed by atoms with Crippen molar-refractivity contribution >= 4 is 0 Å². The van der Waals surface area contributed by atoms with Crippen molar-refractivity contribution in [2.75, 3.05) is 0 Å². The SMILES string of the molecule is NC1(CC2CCCCC2)CC1. The summed E-state index contributed by atoms with van der Waals surface area (Å²) in [6.07, 6.45) is 11.2. The molecule has 0 amide bonds. The van der Waals surface area contributed by atoms with Gasteiger partial charge in [-0.2, -0.15) is 0 Å². The predicted molar refractivity (Wildman–Crippen MR) is 47.3 cm³/mol. The van der Waals surface area contributed by atoms with Crippen LogP contribution < -0.4 is 5.73 Å². The van der Waals surface area contributed by atoms with Gasteiger partial charge in [0.1, 0.15) is 0 Å². The number of hydrogen-bond acceptors (Lipinski definition) is 1. The molecule has 0 atom stereocenters. The maximum Gasteiger partial charge on any atom is 0.0158 e. The lowest BCUT2D eigenvalue weighted by Crippen LogP contribution is -2.26. The summed E-state index contributed by atoms with van der Waals surface area (Å²) in [5.74, 6) is 0.983. The minimum Gasteiger partial charge on any atom is -0.325 e. The topological polar surface area (TPSA) is 26.0 Å². The predicted octanol–water partition coefficient (Wildman–Crippen LogP) is 2.45. The molecule has 0 heterocycles. The van der Waals surface area contributed by atoms with E-state index >= 15 is 0 Å². The van der Waals surface area contributed by atoms with E-state index in [-0.39, 0.29) is 0 Å². The second kappa shape index (κ2) is 2.78. The van der Waals surface area contributed by atoms with Crippen LogP contribution in [0.2, 0.25) is 0 Å². The van der Waals surface area contributed by atoms with Gasteiger partial charge in [-0.1, -0.05) is 32.1 Å². The first-order chi connectivity index (χ1) is 5.29. The lowest BCUT2D eigenvalue weighted by molar-refractivity contribution is 0.311. The number of rotatable bonds is 2. The van der Waals surface area contributed by atoms with Gasteiger partial charge in [0.25, 0.3) is 0 Å². The van der Waals surface area contributed by atoms with Gasteiger partial charge in [0.2, 0.25) is 0 Å². The van der Waals surface area contributed by atoms with Crippen LogP contribution >= 0.6 is 0 Å². The van der Waals surface area contributed by atoms with Gasteiger partial charge in [-0.15, -0.1) is 0 Å². The lowest BCUT2D eigenvalue weighted by Gasteiger charge is -2.24. The fraction of sp³-hybridized carbons (Fsp3) is 1.00. The monoisotopic (exact) mass is 153 g/mol. The molecule has 2 fully saturated rings. The largest absolute Gasteiger partial charge is 0.325 e. The first-order valence-corrected chi connectivity index (χ1v) is 5.07. The third-order valence-electron chi connectivity index (χ3n) is 3.31. The van der Waals surface area contributed by atoms with Crippen LogP contribution in [0.15, 0.2) is 0 Å². The average Bonchev–Trinajstić information content (AvgIpc) is 2.70. The Hall–Kier alpha value is -0.0400. The summed E-state index contributed by atoms with van der Waals surface area (Å²) < 4.78 is 0. The summed E-state index contributed by atoms with van der Waals surface area (Å²) >= 11 is 0. The Kier molecular flexibility index (Phi) is 1.92. The van der Waals surface area contributed by atoms with Crippen LogP contribution in [0.1, 0.15) is 51.4 Å². The Bertz CT molecular complexity index is 132. The van der Waals surface area contributed by atoms with Crippen molar-refractivity contribution in [3.05, 3.63) is 0 Å². The maximum absolute atomic E-state index is 6.08. The Morgan fingerprint density at radius 1 is 1.09 bits per heavy atom. The van der Waals surface area contributed by atoms with Crippen LogP contribution in [-0.4, -0.2) is 5.54 Å². The van der Waals surface area contributed by atoms with Crippen LogP contribution in [-0.2, 0) is 0 Å².